The molecule has 1 amide bonds. The molecule has 0 atom stereocenters. The third-order valence-electron chi connectivity index (χ3n) is 7.27. The Hall–Kier alpha value is -3.38. The van der Waals surface area contributed by atoms with Gasteiger partial charge in [0, 0.05) is 37.8 Å². The van der Waals surface area contributed by atoms with E-state index in [0.29, 0.717) is 49.3 Å². The Morgan fingerprint density at radius 2 is 1.82 bits per heavy atom. The first-order valence-electron chi connectivity index (χ1n) is 12.1. The Kier molecular flexibility index (Phi) is 7.84. The van der Waals surface area contributed by atoms with Gasteiger partial charge in [-0.15, -0.1) is 0 Å². The monoisotopic (exact) mass is 550 g/mol. The number of amides is 1. The van der Waals surface area contributed by atoms with Gasteiger partial charge in [0.15, 0.2) is 0 Å². The largest absolute Gasteiger partial charge is 0.508 e. The lowest BCUT2D eigenvalue weighted by molar-refractivity contribution is 0.0895. The topological polar surface area (TPSA) is 119 Å². The highest BCUT2D eigenvalue weighted by Gasteiger charge is 2.37. The Bertz CT molecular complexity index is 1420. The van der Waals surface area contributed by atoms with Crippen molar-refractivity contribution in [1.29, 1.82) is 0 Å². The highest BCUT2D eigenvalue weighted by Crippen LogP contribution is 2.35. The van der Waals surface area contributed by atoms with Crippen LogP contribution in [-0.2, 0) is 28.3 Å². The number of primary amides is 1. The molecule has 1 saturated heterocycles. The number of benzene rings is 2. The van der Waals surface area contributed by atoms with E-state index < -0.39 is 31.9 Å². The second-order valence-corrected chi connectivity index (χ2v) is 11.5. The van der Waals surface area contributed by atoms with Gasteiger partial charge >= 0.3 is 5.76 Å². The summed E-state index contributed by atoms with van der Waals surface area (Å²) in [6, 6.07) is 9.01. The first kappa shape index (κ1) is 27.6. The summed E-state index contributed by atoms with van der Waals surface area (Å²) in [4.78, 5) is 13.8. The summed E-state index contributed by atoms with van der Waals surface area (Å²) >= 11 is 0. The van der Waals surface area contributed by atoms with E-state index in [2.05, 4.69) is 4.90 Å². The zero-order valence-corrected chi connectivity index (χ0v) is 21.6. The number of carbonyl (C=O) groups is 1. The van der Waals surface area contributed by atoms with Crippen molar-refractivity contribution in [2.75, 3.05) is 13.1 Å². The van der Waals surface area contributed by atoms with Crippen molar-refractivity contribution in [3.8, 4) is 5.75 Å². The summed E-state index contributed by atoms with van der Waals surface area (Å²) in [6.45, 7) is 3.67. The molecule has 12 heteroatoms. The van der Waals surface area contributed by atoms with Crippen molar-refractivity contribution in [2.45, 2.75) is 55.3 Å². The molecule has 2 heterocycles. The predicted molar refractivity (Wildman–Crippen MR) is 134 cm³/mol. The van der Waals surface area contributed by atoms with E-state index in [0.717, 1.165) is 18.6 Å². The number of likely N-dealkylation sites (tertiary alicyclic amines) is 1. The van der Waals surface area contributed by atoms with E-state index in [1.807, 2.05) is 6.92 Å². The quantitative estimate of drug-likeness (QED) is 0.418. The molecule has 3 aromatic rings. The molecule has 0 aliphatic carbocycles. The molecule has 1 aliphatic rings. The minimum Gasteiger partial charge on any atom is -0.508 e. The molecule has 38 heavy (non-hydrogen) atoms. The Morgan fingerprint density at radius 3 is 2.39 bits per heavy atom. The number of aromatic nitrogens is 2. The third-order valence-corrected chi connectivity index (χ3v) is 8.67. The molecule has 0 spiro atoms. The molecule has 2 aromatic carbocycles. The number of hydrogen-bond donors (Lipinski definition) is 2. The number of hydrogen-bond acceptors (Lipinski definition) is 6. The molecular weight excluding hydrogens is 521 g/mol. The lowest BCUT2D eigenvalue weighted by Gasteiger charge is -2.41. The standard InChI is InChI=1S/C26H29F3N4O4S/c1-2-26(9-11-32(12-10-26)15-18-14-19(34)5-8-22(18)27)33-16-21(24(30)35)23(31-33)13-17-3-6-20(7-4-17)38(36,37)25(28)29/h3-8,14,16,25,34H,2,9-13,15H2,1H3,(H2,30,35). The molecule has 0 saturated carbocycles. The van der Waals surface area contributed by atoms with Crippen molar-refractivity contribution in [1.82, 2.24) is 14.7 Å². The van der Waals surface area contributed by atoms with Gasteiger partial charge in [-0.1, -0.05) is 19.1 Å². The minimum absolute atomic E-state index is 0.00894. The van der Waals surface area contributed by atoms with Gasteiger partial charge in [-0.25, -0.2) is 12.8 Å². The van der Waals surface area contributed by atoms with Crippen molar-refractivity contribution < 1.29 is 31.5 Å². The number of aromatic hydroxyl groups is 1. The Morgan fingerprint density at radius 1 is 1.16 bits per heavy atom. The molecule has 1 aromatic heterocycles. The number of halogens is 3. The van der Waals surface area contributed by atoms with Crippen LogP contribution < -0.4 is 5.73 Å². The number of rotatable bonds is 9. The van der Waals surface area contributed by atoms with Gasteiger partial charge in [0.05, 0.1) is 21.7 Å². The molecule has 0 radical (unpaired) electrons. The maximum absolute atomic E-state index is 14.2. The van der Waals surface area contributed by atoms with Gasteiger partial charge < -0.3 is 10.8 Å². The number of carbonyl (C=O) groups excluding carboxylic acids is 1. The van der Waals surface area contributed by atoms with Crippen molar-refractivity contribution in [3.05, 3.63) is 76.9 Å². The number of nitrogens with two attached hydrogens (primary N) is 1. The first-order chi connectivity index (χ1) is 17.9. The molecule has 4 rings (SSSR count). The van der Waals surface area contributed by atoms with Crippen LogP contribution in [0.25, 0.3) is 0 Å². The number of phenolic OH excluding ortho intramolecular Hbond substituents is 1. The fraction of sp³-hybridized carbons (Fsp3) is 0.385. The summed E-state index contributed by atoms with van der Waals surface area (Å²) in [5.74, 6) is -4.54. The van der Waals surface area contributed by atoms with Gasteiger partial charge in [0.25, 0.3) is 5.91 Å². The highest BCUT2D eigenvalue weighted by atomic mass is 32.2. The summed E-state index contributed by atoms with van der Waals surface area (Å²) < 4.78 is 65.0. The minimum atomic E-state index is -4.70. The summed E-state index contributed by atoms with van der Waals surface area (Å²) in [5.41, 5.74) is 6.86. The van der Waals surface area contributed by atoms with E-state index in [1.165, 1.54) is 30.3 Å². The zero-order chi connectivity index (χ0) is 27.7. The van der Waals surface area contributed by atoms with Crippen LogP contribution in [0.15, 0.2) is 53.6 Å². The van der Waals surface area contributed by atoms with Crippen LogP contribution in [0.5, 0.6) is 5.75 Å². The lowest BCUT2D eigenvalue weighted by atomic mass is 9.85. The van der Waals surface area contributed by atoms with Gasteiger partial charge in [0.2, 0.25) is 9.84 Å². The van der Waals surface area contributed by atoms with Crippen molar-refractivity contribution in [2.24, 2.45) is 5.73 Å². The fourth-order valence-electron chi connectivity index (χ4n) is 4.88. The van der Waals surface area contributed by atoms with Crippen molar-refractivity contribution >= 4 is 15.7 Å². The SMILES string of the molecule is CCC1(n2cc(C(N)=O)c(Cc3ccc(S(=O)(=O)C(F)F)cc3)n2)CCN(Cc2cc(O)ccc2F)CC1. The predicted octanol–water partition coefficient (Wildman–Crippen LogP) is 3.82. The number of phenols is 1. The fourth-order valence-corrected chi connectivity index (χ4v) is 5.60. The van der Waals surface area contributed by atoms with Gasteiger partial charge in [-0.2, -0.15) is 13.9 Å². The highest BCUT2D eigenvalue weighted by molar-refractivity contribution is 7.91. The maximum Gasteiger partial charge on any atom is 0.341 e. The normalized spacial score (nSPS) is 16.1. The second kappa shape index (κ2) is 10.8. The smallest absolute Gasteiger partial charge is 0.341 e. The summed E-state index contributed by atoms with van der Waals surface area (Å²) in [6.07, 6.45) is 3.87. The number of piperidine rings is 1. The zero-order valence-electron chi connectivity index (χ0n) is 20.8. The molecular formula is C26H29F3N4O4S. The van der Waals surface area contributed by atoms with Crippen LogP contribution in [0.3, 0.4) is 0 Å². The summed E-state index contributed by atoms with van der Waals surface area (Å²) in [7, 11) is -4.70. The van der Waals surface area contributed by atoms with E-state index in [4.69, 9.17) is 10.8 Å². The van der Waals surface area contributed by atoms with Crippen LogP contribution in [-0.4, -0.2) is 53.0 Å². The lowest BCUT2D eigenvalue weighted by Crippen LogP contribution is -2.46. The van der Waals surface area contributed by atoms with Gasteiger partial charge in [-0.3, -0.25) is 14.4 Å². The Labute approximate surface area is 218 Å². The van der Waals surface area contributed by atoms with E-state index in [1.54, 1.807) is 10.9 Å². The molecule has 1 fully saturated rings. The van der Waals surface area contributed by atoms with Crippen LogP contribution in [0.2, 0.25) is 0 Å². The summed E-state index contributed by atoms with van der Waals surface area (Å²) in [5, 5.41) is 14.4. The van der Waals surface area contributed by atoms with Gasteiger partial charge in [0.1, 0.15) is 11.6 Å². The molecule has 1 aliphatic heterocycles. The molecule has 8 nitrogen and oxygen atoms in total. The van der Waals surface area contributed by atoms with Crippen LogP contribution in [0.4, 0.5) is 13.2 Å². The van der Waals surface area contributed by atoms with E-state index in [-0.39, 0.29) is 23.6 Å². The van der Waals surface area contributed by atoms with Crippen molar-refractivity contribution in [3.63, 3.8) is 0 Å². The number of alkyl halides is 2. The molecule has 0 bridgehead atoms. The van der Waals surface area contributed by atoms with Crippen LogP contribution in [0.1, 0.15) is 53.4 Å². The molecule has 3 N–H and O–H groups in total. The molecule has 204 valence electrons. The van der Waals surface area contributed by atoms with E-state index >= 15 is 0 Å². The number of sulfone groups is 1. The van der Waals surface area contributed by atoms with Gasteiger partial charge in [-0.05, 0) is 55.2 Å². The van der Waals surface area contributed by atoms with Crippen LogP contribution in [0, 0.1) is 5.82 Å². The average Bonchev–Trinajstić information content (AvgIpc) is 3.32. The average molecular weight is 551 g/mol. The van der Waals surface area contributed by atoms with E-state index in [9.17, 15) is 31.5 Å². The first-order valence-corrected chi connectivity index (χ1v) is 13.7. The van der Waals surface area contributed by atoms with Crippen LogP contribution >= 0.6 is 0 Å². The molecule has 0 unspecified atom stereocenters. The Balaban J connectivity index is 1.53. The number of nitrogens with zero attached hydrogens (tertiary/aromatic N) is 3. The third kappa shape index (κ3) is 5.56. The second-order valence-electron chi connectivity index (χ2n) is 9.55. The maximum atomic E-state index is 14.2.